The van der Waals surface area contributed by atoms with Gasteiger partial charge in [-0.1, -0.05) is 30.3 Å². The molecule has 0 fully saturated rings. The number of amides is 2. The highest BCUT2D eigenvalue weighted by Crippen LogP contribution is 2.13. The lowest BCUT2D eigenvalue weighted by Gasteiger charge is -2.09. The van der Waals surface area contributed by atoms with Gasteiger partial charge in [0.15, 0.2) is 0 Å². The van der Waals surface area contributed by atoms with Gasteiger partial charge >= 0.3 is 0 Å². The van der Waals surface area contributed by atoms with Crippen LogP contribution in [0.1, 0.15) is 26.3 Å². The number of hydrogen-bond donors (Lipinski definition) is 2. The van der Waals surface area contributed by atoms with Gasteiger partial charge < -0.3 is 15.6 Å². The molecule has 0 atom stereocenters. The van der Waals surface area contributed by atoms with Crippen LogP contribution >= 0.6 is 0 Å². The fourth-order valence-electron chi connectivity index (χ4n) is 2.70. The second kappa shape index (κ2) is 8.17. The molecule has 29 heavy (non-hydrogen) atoms. The van der Waals surface area contributed by atoms with Crippen molar-refractivity contribution in [2.45, 2.75) is 6.54 Å². The van der Waals surface area contributed by atoms with E-state index in [1.165, 1.54) is 0 Å². The summed E-state index contributed by atoms with van der Waals surface area (Å²) in [5.41, 5.74) is 5.21. The van der Waals surface area contributed by atoms with Crippen molar-refractivity contribution in [3.63, 3.8) is 0 Å². The molecule has 0 aliphatic rings. The molecule has 3 aromatic rings. The van der Waals surface area contributed by atoms with E-state index < -0.39 is 27.6 Å². The van der Waals surface area contributed by atoms with Crippen LogP contribution in [0.15, 0.2) is 71.7 Å². The predicted molar refractivity (Wildman–Crippen MR) is 106 cm³/mol. The number of anilines is 1. The first-order valence-electron chi connectivity index (χ1n) is 8.49. The number of nitrogens with one attached hydrogen (secondary N) is 1. The van der Waals surface area contributed by atoms with Crippen molar-refractivity contribution in [1.29, 1.82) is 0 Å². The fraction of sp³-hybridized carbons (Fsp3) is 0.0500. The van der Waals surface area contributed by atoms with Crippen LogP contribution in [0.5, 0.6) is 0 Å². The number of aromatic nitrogens is 1. The Morgan fingerprint density at radius 2 is 1.72 bits per heavy atom. The van der Waals surface area contributed by atoms with Gasteiger partial charge in [-0.25, -0.2) is 0 Å². The minimum absolute atomic E-state index is 0.0264. The monoisotopic (exact) mass is 392 g/mol. The number of benzene rings is 2. The minimum Gasteiger partial charge on any atom is -0.365 e. The van der Waals surface area contributed by atoms with Gasteiger partial charge in [0.05, 0.1) is 17.7 Å². The summed E-state index contributed by atoms with van der Waals surface area (Å²) in [4.78, 5) is 46.4. The van der Waals surface area contributed by atoms with Crippen LogP contribution in [-0.2, 0) is 6.54 Å². The van der Waals surface area contributed by atoms with Crippen LogP contribution in [0.3, 0.4) is 0 Å². The molecule has 0 aliphatic heterocycles. The summed E-state index contributed by atoms with van der Waals surface area (Å²) in [7, 11) is 0. The molecule has 3 rings (SSSR count). The molecule has 146 valence electrons. The number of para-hydroxylation sites is 1. The summed E-state index contributed by atoms with van der Waals surface area (Å²) >= 11 is 0. The van der Waals surface area contributed by atoms with E-state index in [0.29, 0.717) is 16.8 Å². The molecule has 0 saturated carbocycles. The average Bonchev–Trinajstić information content (AvgIpc) is 2.70. The Hall–Kier alpha value is -4.27. The zero-order chi connectivity index (χ0) is 21.0. The number of nitrogens with two attached hydrogens (primary N) is 1. The van der Waals surface area contributed by atoms with Gasteiger partial charge in [0.25, 0.3) is 23.1 Å². The molecule has 2 amide bonds. The van der Waals surface area contributed by atoms with E-state index >= 15 is 0 Å². The minimum atomic E-state index is -1.04. The quantitative estimate of drug-likeness (QED) is 0.489. The fourth-order valence-corrected chi connectivity index (χ4v) is 2.70. The lowest BCUT2D eigenvalue weighted by Crippen LogP contribution is -2.30. The molecule has 0 aliphatic carbocycles. The molecule has 1 aromatic heterocycles. The second-order valence-corrected chi connectivity index (χ2v) is 6.18. The van der Waals surface area contributed by atoms with Gasteiger partial charge in [-0.2, -0.15) is 0 Å². The molecule has 9 nitrogen and oxygen atoms in total. The number of rotatable bonds is 6. The largest absolute Gasteiger partial charge is 0.365 e. The molecule has 1 heterocycles. The summed E-state index contributed by atoms with van der Waals surface area (Å²) < 4.78 is 1.04. The Balaban J connectivity index is 1.83. The third-order valence-electron chi connectivity index (χ3n) is 4.15. The Bertz CT molecular complexity index is 1140. The summed E-state index contributed by atoms with van der Waals surface area (Å²) in [5.74, 6) is -1.34. The van der Waals surface area contributed by atoms with Crippen molar-refractivity contribution in [2.24, 2.45) is 5.73 Å². The SMILES string of the molecule is NC(=O)c1cc([N+](=O)[O-])cn(Cc2ccc(C(=O)Nc3ccccc3)cc2)c1=O. The van der Waals surface area contributed by atoms with Crippen LogP contribution in [0.4, 0.5) is 11.4 Å². The molecule has 0 spiro atoms. The van der Waals surface area contributed by atoms with Gasteiger partial charge in [-0.15, -0.1) is 0 Å². The summed E-state index contributed by atoms with van der Waals surface area (Å²) in [6.45, 7) is -0.0264. The molecule has 9 heteroatoms. The Morgan fingerprint density at radius 1 is 1.07 bits per heavy atom. The van der Waals surface area contributed by atoms with Crippen molar-refractivity contribution in [3.8, 4) is 0 Å². The zero-order valence-electron chi connectivity index (χ0n) is 15.1. The van der Waals surface area contributed by atoms with Crippen LogP contribution in [-0.4, -0.2) is 21.3 Å². The lowest BCUT2D eigenvalue weighted by atomic mass is 10.1. The van der Waals surface area contributed by atoms with Crippen molar-refractivity contribution < 1.29 is 14.5 Å². The highest BCUT2D eigenvalue weighted by Gasteiger charge is 2.17. The van der Waals surface area contributed by atoms with Crippen molar-refractivity contribution >= 4 is 23.2 Å². The Labute approximate surface area is 164 Å². The number of carbonyl (C=O) groups is 2. The van der Waals surface area contributed by atoms with Gasteiger partial charge in [-0.05, 0) is 29.8 Å². The molecule has 0 radical (unpaired) electrons. The third-order valence-corrected chi connectivity index (χ3v) is 4.15. The van der Waals surface area contributed by atoms with Crippen LogP contribution in [0.25, 0.3) is 0 Å². The molecule has 0 unspecified atom stereocenters. The number of primary amides is 1. The van der Waals surface area contributed by atoms with E-state index in [0.717, 1.165) is 16.8 Å². The highest BCUT2D eigenvalue weighted by atomic mass is 16.6. The first-order valence-corrected chi connectivity index (χ1v) is 8.49. The van der Waals surface area contributed by atoms with Crippen molar-refractivity contribution in [1.82, 2.24) is 4.57 Å². The second-order valence-electron chi connectivity index (χ2n) is 6.18. The topological polar surface area (TPSA) is 137 Å². The van der Waals surface area contributed by atoms with Gasteiger partial charge in [-0.3, -0.25) is 24.5 Å². The number of carbonyl (C=O) groups excluding carboxylic acids is 2. The number of nitro groups is 1. The Kier molecular flexibility index (Phi) is 5.49. The lowest BCUT2D eigenvalue weighted by molar-refractivity contribution is -0.385. The van der Waals surface area contributed by atoms with E-state index in [1.54, 1.807) is 48.5 Å². The van der Waals surface area contributed by atoms with Gasteiger partial charge in [0.1, 0.15) is 5.56 Å². The van der Waals surface area contributed by atoms with Crippen molar-refractivity contribution in [3.05, 3.63) is 104 Å². The smallest absolute Gasteiger partial charge is 0.286 e. The van der Waals surface area contributed by atoms with E-state index in [-0.39, 0.29) is 12.5 Å². The van der Waals surface area contributed by atoms with E-state index in [2.05, 4.69) is 5.32 Å². The van der Waals surface area contributed by atoms with E-state index in [9.17, 15) is 24.5 Å². The van der Waals surface area contributed by atoms with Crippen LogP contribution in [0.2, 0.25) is 0 Å². The molecular formula is C20H16N4O5. The maximum absolute atomic E-state index is 12.3. The molecule has 0 saturated heterocycles. The molecule has 2 aromatic carbocycles. The van der Waals surface area contributed by atoms with E-state index in [1.807, 2.05) is 6.07 Å². The van der Waals surface area contributed by atoms with Gasteiger partial charge in [0.2, 0.25) is 0 Å². The number of hydrogen-bond acceptors (Lipinski definition) is 5. The molecule has 0 bridgehead atoms. The Morgan fingerprint density at radius 3 is 2.31 bits per heavy atom. The average molecular weight is 392 g/mol. The first-order chi connectivity index (χ1) is 13.8. The maximum Gasteiger partial charge on any atom is 0.286 e. The highest BCUT2D eigenvalue weighted by molar-refractivity contribution is 6.04. The van der Waals surface area contributed by atoms with Crippen LogP contribution in [0, 0.1) is 10.1 Å². The van der Waals surface area contributed by atoms with Crippen molar-refractivity contribution in [2.75, 3.05) is 5.32 Å². The number of nitrogens with zero attached hydrogens (tertiary/aromatic N) is 2. The summed E-state index contributed by atoms with van der Waals surface area (Å²) in [5, 5.41) is 13.8. The number of pyridine rings is 1. The standard InChI is InChI=1S/C20H16N4O5/c21-18(25)17-10-16(24(28)29)12-23(20(17)27)11-13-6-8-14(9-7-13)19(26)22-15-4-2-1-3-5-15/h1-10,12H,11H2,(H2,21,25)(H,22,26). The third kappa shape index (κ3) is 4.53. The van der Waals surface area contributed by atoms with E-state index in [4.69, 9.17) is 5.73 Å². The zero-order valence-corrected chi connectivity index (χ0v) is 15.1. The maximum atomic E-state index is 12.3. The molecule has 3 N–H and O–H groups in total. The first kappa shape index (κ1) is 19.5. The summed E-state index contributed by atoms with van der Waals surface area (Å²) in [6, 6.07) is 16.2. The summed E-state index contributed by atoms with van der Waals surface area (Å²) in [6.07, 6.45) is 1.05. The predicted octanol–water partition coefficient (Wildman–Crippen LogP) is 2.16. The normalized spacial score (nSPS) is 10.3. The van der Waals surface area contributed by atoms with Crippen LogP contribution < -0.4 is 16.6 Å². The molecular weight excluding hydrogens is 376 g/mol. The van der Waals surface area contributed by atoms with Gasteiger partial charge in [0, 0.05) is 17.3 Å².